The van der Waals surface area contributed by atoms with Gasteiger partial charge in [0.05, 0.1) is 13.2 Å². The zero-order valence-electron chi connectivity index (χ0n) is 7.40. The van der Waals surface area contributed by atoms with E-state index in [4.69, 9.17) is 9.47 Å². The van der Waals surface area contributed by atoms with Gasteiger partial charge in [0.1, 0.15) is 12.1 Å². The van der Waals surface area contributed by atoms with Crippen LogP contribution >= 0.6 is 0 Å². The Balaban J connectivity index is 2.34. The zero-order valence-corrected chi connectivity index (χ0v) is 7.40. The topological polar surface area (TPSA) is 35.5 Å². The van der Waals surface area contributed by atoms with Crippen molar-refractivity contribution in [1.29, 1.82) is 0 Å². The summed E-state index contributed by atoms with van der Waals surface area (Å²) in [6.45, 7) is 0.908. The van der Waals surface area contributed by atoms with Crippen molar-refractivity contribution in [2.75, 3.05) is 13.2 Å². The van der Waals surface area contributed by atoms with E-state index in [2.05, 4.69) is 0 Å². The lowest BCUT2D eigenvalue weighted by atomic mass is 10.1. The molecule has 1 heterocycles. The Hall–Kier alpha value is -1.26. The summed E-state index contributed by atoms with van der Waals surface area (Å²) in [5.74, 6) is -0.414. The average Bonchev–Trinajstić information content (AvgIpc) is 2.71. The van der Waals surface area contributed by atoms with Crippen LogP contribution in [-0.2, 0) is 9.47 Å². The molecule has 1 aliphatic heterocycles. The van der Waals surface area contributed by atoms with Gasteiger partial charge in [0, 0.05) is 11.1 Å². The number of carbonyl (C=O) groups is 1. The van der Waals surface area contributed by atoms with Crippen molar-refractivity contribution in [3.8, 4) is 0 Å². The highest BCUT2D eigenvalue weighted by molar-refractivity contribution is 5.75. The average molecular weight is 196 g/mol. The van der Waals surface area contributed by atoms with E-state index in [0.29, 0.717) is 25.1 Å². The molecule has 3 nitrogen and oxygen atoms in total. The molecule has 0 atom stereocenters. The standard InChI is InChI=1S/C10H9FO3/c11-9-2-1-7(6-12)5-8(9)10-13-3-4-14-10/h1-2,5-6,10H,3-4H2. The van der Waals surface area contributed by atoms with E-state index >= 15 is 0 Å². The van der Waals surface area contributed by atoms with Crippen molar-refractivity contribution >= 4 is 6.29 Å². The first-order chi connectivity index (χ1) is 6.81. The van der Waals surface area contributed by atoms with Crippen LogP contribution in [0.1, 0.15) is 22.2 Å². The van der Waals surface area contributed by atoms with Crippen LogP contribution in [0.15, 0.2) is 18.2 Å². The van der Waals surface area contributed by atoms with E-state index in [9.17, 15) is 9.18 Å². The Kier molecular flexibility index (Phi) is 2.56. The van der Waals surface area contributed by atoms with Gasteiger partial charge in [0.2, 0.25) is 0 Å². The molecule has 14 heavy (non-hydrogen) atoms. The van der Waals surface area contributed by atoms with Crippen LogP contribution in [0.5, 0.6) is 0 Å². The maximum atomic E-state index is 13.3. The molecule has 0 radical (unpaired) electrons. The Morgan fingerprint density at radius 3 is 2.71 bits per heavy atom. The summed E-state index contributed by atoms with van der Waals surface area (Å²) < 4.78 is 23.6. The predicted octanol–water partition coefficient (Wildman–Crippen LogP) is 1.68. The Morgan fingerprint density at radius 1 is 1.36 bits per heavy atom. The van der Waals surface area contributed by atoms with Gasteiger partial charge in [-0.2, -0.15) is 0 Å². The third-order valence-electron chi connectivity index (χ3n) is 2.03. The fraction of sp³-hybridized carbons (Fsp3) is 0.300. The van der Waals surface area contributed by atoms with Crippen LogP contribution in [0.2, 0.25) is 0 Å². The monoisotopic (exact) mass is 196 g/mol. The molecule has 74 valence electrons. The first kappa shape index (κ1) is 9.30. The number of ether oxygens (including phenoxy) is 2. The second-order valence-electron chi connectivity index (χ2n) is 2.97. The van der Waals surface area contributed by atoms with Crippen LogP contribution in [0, 0.1) is 5.82 Å². The Bertz CT molecular complexity index is 345. The third-order valence-corrected chi connectivity index (χ3v) is 2.03. The van der Waals surface area contributed by atoms with Gasteiger partial charge in [-0.3, -0.25) is 4.79 Å². The zero-order chi connectivity index (χ0) is 9.97. The van der Waals surface area contributed by atoms with Gasteiger partial charge >= 0.3 is 0 Å². The highest BCUT2D eigenvalue weighted by atomic mass is 19.1. The molecule has 0 spiro atoms. The van der Waals surface area contributed by atoms with Crippen LogP contribution in [0.4, 0.5) is 4.39 Å². The van der Waals surface area contributed by atoms with Crippen LogP contribution in [-0.4, -0.2) is 19.5 Å². The number of halogens is 1. The molecule has 0 N–H and O–H groups in total. The SMILES string of the molecule is O=Cc1ccc(F)c(C2OCCO2)c1. The fourth-order valence-corrected chi connectivity index (χ4v) is 1.35. The third kappa shape index (κ3) is 1.66. The molecule has 0 aromatic heterocycles. The van der Waals surface area contributed by atoms with E-state index in [1.54, 1.807) is 0 Å². The molecule has 1 fully saturated rings. The molecule has 1 aliphatic rings. The molecule has 0 aliphatic carbocycles. The van der Waals surface area contributed by atoms with E-state index in [-0.39, 0.29) is 5.56 Å². The van der Waals surface area contributed by atoms with Crippen LogP contribution in [0.25, 0.3) is 0 Å². The summed E-state index contributed by atoms with van der Waals surface area (Å²) in [6, 6.07) is 4.10. The van der Waals surface area contributed by atoms with E-state index in [0.717, 1.165) is 0 Å². The fourth-order valence-electron chi connectivity index (χ4n) is 1.35. The lowest BCUT2D eigenvalue weighted by Gasteiger charge is -2.10. The van der Waals surface area contributed by atoms with Gasteiger partial charge in [0.15, 0.2) is 6.29 Å². The van der Waals surface area contributed by atoms with Gasteiger partial charge < -0.3 is 9.47 Å². The van der Waals surface area contributed by atoms with Gasteiger partial charge in [0.25, 0.3) is 0 Å². The van der Waals surface area contributed by atoms with E-state index in [1.807, 2.05) is 0 Å². The summed E-state index contributed by atoms with van der Waals surface area (Å²) in [7, 11) is 0. The van der Waals surface area contributed by atoms with E-state index < -0.39 is 12.1 Å². The Morgan fingerprint density at radius 2 is 2.07 bits per heavy atom. The normalized spacial score (nSPS) is 17.2. The highest BCUT2D eigenvalue weighted by Gasteiger charge is 2.21. The summed E-state index contributed by atoms with van der Waals surface area (Å²) in [6.07, 6.45) is -0.00681. The highest BCUT2D eigenvalue weighted by Crippen LogP contribution is 2.25. The largest absolute Gasteiger partial charge is 0.346 e. The first-order valence-electron chi connectivity index (χ1n) is 4.29. The smallest absolute Gasteiger partial charge is 0.186 e. The molecule has 0 bridgehead atoms. The van der Waals surface area contributed by atoms with E-state index in [1.165, 1.54) is 18.2 Å². The van der Waals surface area contributed by atoms with Gasteiger partial charge in [-0.1, -0.05) is 0 Å². The molecular weight excluding hydrogens is 187 g/mol. The van der Waals surface area contributed by atoms with Crippen LogP contribution in [0.3, 0.4) is 0 Å². The van der Waals surface area contributed by atoms with Gasteiger partial charge in [-0.05, 0) is 18.2 Å². The molecule has 0 amide bonds. The quantitative estimate of drug-likeness (QED) is 0.675. The summed E-state index contributed by atoms with van der Waals surface area (Å²) >= 11 is 0. The lowest BCUT2D eigenvalue weighted by molar-refractivity contribution is -0.0464. The number of hydrogen-bond donors (Lipinski definition) is 0. The number of hydrogen-bond acceptors (Lipinski definition) is 3. The molecule has 1 saturated heterocycles. The number of carbonyl (C=O) groups excluding carboxylic acids is 1. The van der Waals surface area contributed by atoms with Crippen LogP contribution < -0.4 is 0 Å². The molecule has 1 aromatic carbocycles. The number of rotatable bonds is 2. The minimum absolute atomic E-state index is 0.284. The van der Waals surface area contributed by atoms with Gasteiger partial charge in [-0.15, -0.1) is 0 Å². The molecule has 0 saturated carbocycles. The van der Waals surface area contributed by atoms with Crippen molar-refractivity contribution in [1.82, 2.24) is 0 Å². The molecule has 2 rings (SSSR count). The summed E-state index contributed by atoms with van der Waals surface area (Å²) in [5, 5.41) is 0. The predicted molar refractivity (Wildman–Crippen MR) is 46.4 cm³/mol. The molecule has 1 aromatic rings. The van der Waals surface area contributed by atoms with Crippen molar-refractivity contribution in [2.24, 2.45) is 0 Å². The molecule has 4 heteroatoms. The second-order valence-corrected chi connectivity index (χ2v) is 2.97. The van der Waals surface area contributed by atoms with Crippen molar-refractivity contribution in [3.63, 3.8) is 0 Å². The number of benzene rings is 1. The molecular formula is C10H9FO3. The lowest BCUT2D eigenvalue weighted by Crippen LogP contribution is -2.02. The summed E-state index contributed by atoms with van der Waals surface area (Å²) in [5.41, 5.74) is 0.701. The second kappa shape index (κ2) is 3.86. The number of aldehydes is 1. The van der Waals surface area contributed by atoms with Crippen molar-refractivity contribution in [3.05, 3.63) is 35.1 Å². The maximum Gasteiger partial charge on any atom is 0.186 e. The maximum absolute atomic E-state index is 13.3. The van der Waals surface area contributed by atoms with Gasteiger partial charge in [-0.25, -0.2) is 4.39 Å². The minimum atomic E-state index is -0.671. The minimum Gasteiger partial charge on any atom is -0.346 e. The summed E-state index contributed by atoms with van der Waals surface area (Å²) in [4.78, 5) is 10.5. The Labute approximate surface area is 80.4 Å². The molecule has 0 unspecified atom stereocenters. The van der Waals surface area contributed by atoms with Crippen molar-refractivity contribution in [2.45, 2.75) is 6.29 Å². The first-order valence-corrected chi connectivity index (χ1v) is 4.29. The van der Waals surface area contributed by atoms with Crippen molar-refractivity contribution < 1.29 is 18.7 Å².